The Morgan fingerprint density at radius 2 is 2.12 bits per heavy atom. The van der Waals surface area contributed by atoms with Gasteiger partial charge in [0.05, 0.1) is 0 Å². The number of para-hydroxylation sites is 1. The zero-order valence-electron chi connectivity index (χ0n) is 9.29. The van der Waals surface area contributed by atoms with Crippen molar-refractivity contribution in [2.45, 2.75) is 13.3 Å². The summed E-state index contributed by atoms with van der Waals surface area (Å²) in [5.74, 6) is 0.822. The molecule has 3 rings (SSSR count). The van der Waals surface area contributed by atoms with Crippen molar-refractivity contribution in [3.8, 4) is 0 Å². The van der Waals surface area contributed by atoms with Gasteiger partial charge in [0.2, 0.25) is 4.96 Å². The summed E-state index contributed by atoms with van der Waals surface area (Å²) in [6, 6.07) is 7.77. The van der Waals surface area contributed by atoms with Gasteiger partial charge in [-0.1, -0.05) is 29.5 Å². The fourth-order valence-electron chi connectivity index (χ4n) is 1.73. The Bertz CT molecular complexity index is 669. The molecule has 2 aromatic heterocycles. The van der Waals surface area contributed by atoms with Gasteiger partial charge >= 0.3 is 0 Å². The first-order valence-corrected chi connectivity index (χ1v) is 6.07. The number of aryl methyl sites for hydroxylation is 1. The molecule has 0 atom stereocenters. The summed E-state index contributed by atoms with van der Waals surface area (Å²) in [6.07, 6.45) is 0.650. The van der Waals surface area contributed by atoms with Crippen LogP contribution in [0.3, 0.4) is 0 Å². The fraction of sp³-hybridized carbons (Fsp3) is 0.182. The summed E-state index contributed by atoms with van der Waals surface area (Å²) in [5, 5.41) is 13.6. The molecule has 0 unspecified atom stereocenters. The molecule has 0 radical (unpaired) electrons. The van der Waals surface area contributed by atoms with E-state index in [4.69, 9.17) is 5.73 Å². The Hall–Kier alpha value is -1.95. The van der Waals surface area contributed by atoms with Crippen molar-refractivity contribution in [3.05, 3.63) is 40.7 Å². The summed E-state index contributed by atoms with van der Waals surface area (Å²) >= 11 is 1.53. The van der Waals surface area contributed by atoms with Crippen LogP contribution in [0.15, 0.2) is 24.3 Å². The van der Waals surface area contributed by atoms with Gasteiger partial charge < -0.3 is 5.73 Å². The largest absolute Gasteiger partial charge is 0.398 e. The molecule has 0 bridgehead atoms. The molecular weight excluding hydrogens is 234 g/mol. The van der Waals surface area contributed by atoms with E-state index in [-0.39, 0.29) is 0 Å². The van der Waals surface area contributed by atoms with Crippen LogP contribution in [0.5, 0.6) is 0 Å². The molecule has 0 saturated heterocycles. The summed E-state index contributed by atoms with van der Waals surface area (Å²) in [6.45, 7) is 1.96. The normalized spacial score (nSPS) is 11.1. The molecule has 86 valence electrons. The third-order valence-corrected chi connectivity index (χ3v) is 3.37. The second-order valence-corrected chi connectivity index (χ2v) is 4.97. The van der Waals surface area contributed by atoms with E-state index in [1.165, 1.54) is 11.3 Å². The fourth-order valence-corrected chi connectivity index (χ4v) is 2.43. The molecule has 17 heavy (non-hydrogen) atoms. The number of nitrogens with zero attached hydrogens (tertiary/aromatic N) is 4. The van der Waals surface area contributed by atoms with E-state index in [0.29, 0.717) is 6.42 Å². The van der Waals surface area contributed by atoms with Crippen molar-refractivity contribution < 1.29 is 0 Å². The molecule has 0 aliphatic carbocycles. The lowest BCUT2D eigenvalue weighted by atomic mass is 10.1. The van der Waals surface area contributed by atoms with Gasteiger partial charge in [-0.15, -0.1) is 10.2 Å². The van der Waals surface area contributed by atoms with Gasteiger partial charge in [-0.05, 0) is 18.6 Å². The zero-order chi connectivity index (χ0) is 11.8. The van der Waals surface area contributed by atoms with Crippen molar-refractivity contribution in [2.75, 3.05) is 5.73 Å². The van der Waals surface area contributed by atoms with Crippen molar-refractivity contribution in [2.24, 2.45) is 0 Å². The molecule has 0 fully saturated rings. The smallest absolute Gasteiger partial charge is 0.234 e. The Kier molecular flexibility index (Phi) is 2.29. The van der Waals surface area contributed by atoms with Crippen LogP contribution in [0.25, 0.3) is 4.96 Å². The van der Waals surface area contributed by atoms with Gasteiger partial charge in [0.25, 0.3) is 0 Å². The summed E-state index contributed by atoms with van der Waals surface area (Å²) in [5.41, 5.74) is 7.73. The highest BCUT2D eigenvalue weighted by Gasteiger charge is 2.11. The van der Waals surface area contributed by atoms with Gasteiger partial charge in [0.15, 0.2) is 5.82 Å². The van der Waals surface area contributed by atoms with Crippen LogP contribution < -0.4 is 5.73 Å². The number of hydrogen-bond donors (Lipinski definition) is 1. The standard InChI is InChI=1S/C11H11N5S/c1-7-15-16-10(13-14-11(16)17-7)6-8-4-2-3-5-9(8)12/h2-5H,6,12H2,1H3. The van der Waals surface area contributed by atoms with E-state index in [1.54, 1.807) is 4.52 Å². The molecule has 0 amide bonds. The molecule has 1 aromatic carbocycles. The number of aromatic nitrogens is 4. The van der Waals surface area contributed by atoms with Gasteiger partial charge in [-0.3, -0.25) is 0 Å². The molecule has 5 nitrogen and oxygen atoms in total. The van der Waals surface area contributed by atoms with E-state index < -0.39 is 0 Å². The van der Waals surface area contributed by atoms with E-state index in [1.807, 2.05) is 31.2 Å². The molecule has 0 spiro atoms. The molecule has 6 heteroatoms. The quantitative estimate of drug-likeness (QED) is 0.697. The highest BCUT2D eigenvalue weighted by atomic mass is 32.1. The molecule has 0 saturated carbocycles. The van der Waals surface area contributed by atoms with Crippen molar-refractivity contribution in [1.82, 2.24) is 19.8 Å². The third kappa shape index (κ3) is 1.76. The lowest BCUT2D eigenvalue weighted by Gasteiger charge is -2.02. The number of nitrogen functional groups attached to an aromatic ring is 1. The minimum absolute atomic E-state index is 0.650. The van der Waals surface area contributed by atoms with Crippen molar-refractivity contribution in [1.29, 1.82) is 0 Å². The average molecular weight is 245 g/mol. The maximum absolute atomic E-state index is 5.91. The predicted molar refractivity (Wildman–Crippen MR) is 67.1 cm³/mol. The van der Waals surface area contributed by atoms with E-state index in [2.05, 4.69) is 15.3 Å². The first kappa shape index (κ1) is 10.2. The van der Waals surface area contributed by atoms with Crippen LogP contribution in [-0.4, -0.2) is 19.8 Å². The molecule has 3 aromatic rings. The Morgan fingerprint density at radius 3 is 2.94 bits per heavy atom. The number of anilines is 1. The highest BCUT2D eigenvalue weighted by Crippen LogP contribution is 2.17. The monoisotopic (exact) mass is 245 g/mol. The SMILES string of the molecule is Cc1nn2c(Cc3ccccc3N)nnc2s1. The van der Waals surface area contributed by atoms with Gasteiger partial charge in [0, 0.05) is 12.1 Å². The number of fused-ring (bicyclic) bond motifs is 1. The molecular formula is C11H11N5S. The van der Waals surface area contributed by atoms with Gasteiger partial charge in [-0.2, -0.15) is 9.61 Å². The third-order valence-electron chi connectivity index (χ3n) is 2.56. The van der Waals surface area contributed by atoms with Crippen LogP contribution in [0.4, 0.5) is 5.69 Å². The minimum Gasteiger partial charge on any atom is -0.398 e. The Balaban J connectivity index is 2.02. The second kappa shape index (κ2) is 3.81. The average Bonchev–Trinajstić information content (AvgIpc) is 2.82. The predicted octanol–water partition coefficient (Wildman–Crippen LogP) is 1.67. The maximum Gasteiger partial charge on any atom is 0.234 e. The topological polar surface area (TPSA) is 69.1 Å². The van der Waals surface area contributed by atoms with Crippen LogP contribution in [0, 0.1) is 6.92 Å². The lowest BCUT2D eigenvalue weighted by Crippen LogP contribution is -2.00. The van der Waals surface area contributed by atoms with E-state index in [0.717, 1.165) is 27.0 Å². The molecule has 2 heterocycles. The summed E-state index contributed by atoms with van der Waals surface area (Å²) in [4.78, 5) is 0.826. The molecule has 2 N–H and O–H groups in total. The molecule has 0 aliphatic rings. The number of nitrogens with two attached hydrogens (primary N) is 1. The van der Waals surface area contributed by atoms with Crippen LogP contribution in [-0.2, 0) is 6.42 Å². The van der Waals surface area contributed by atoms with Crippen molar-refractivity contribution >= 4 is 22.0 Å². The zero-order valence-corrected chi connectivity index (χ0v) is 10.1. The van der Waals surface area contributed by atoms with Crippen LogP contribution in [0.2, 0.25) is 0 Å². The van der Waals surface area contributed by atoms with Gasteiger partial charge in [-0.25, -0.2) is 0 Å². The van der Waals surface area contributed by atoms with E-state index >= 15 is 0 Å². The summed E-state index contributed by atoms with van der Waals surface area (Å²) < 4.78 is 1.78. The van der Waals surface area contributed by atoms with Crippen molar-refractivity contribution in [3.63, 3.8) is 0 Å². The second-order valence-electron chi connectivity index (χ2n) is 3.81. The minimum atomic E-state index is 0.650. The number of hydrogen-bond acceptors (Lipinski definition) is 5. The maximum atomic E-state index is 5.91. The Labute approximate surface area is 102 Å². The van der Waals surface area contributed by atoms with Crippen LogP contribution in [0.1, 0.15) is 16.4 Å². The highest BCUT2D eigenvalue weighted by molar-refractivity contribution is 7.16. The van der Waals surface area contributed by atoms with Crippen LogP contribution >= 0.6 is 11.3 Å². The van der Waals surface area contributed by atoms with Gasteiger partial charge in [0.1, 0.15) is 5.01 Å². The number of benzene rings is 1. The number of rotatable bonds is 2. The lowest BCUT2D eigenvalue weighted by molar-refractivity contribution is 0.840. The Morgan fingerprint density at radius 1 is 1.29 bits per heavy atom. The first-order chi connectivity index (χ1) is 8.24. The summed E-state index contributed by atoms with van der Waals surface area (Å²) in [7, 11) is 0. The molecule has 0 aliphatic heterocycles. The van der Waals surface area contributed by atoms with E-state index in [9.17, 15) is 0 Å². The first-order valence-electron chi connectivity index (χ1n) is 5.25.